The van der Waals surface area contributed by atoms with Crippen LogP contribution in [0.1, 0.15) is 68.5 Å². The van der Waals surface area contributed by atoms with Gasteiger partial charge in [-0.1, -0.05) is 38.5 Å². The summed E-state index contributed by atoms with van der Waals surface area (Å²) in [5, 5.41) is 7.18. The van der Waals surface area contributed by atoms with Crippen LogP contribution in [-0.2, 0) is 0 Å². The lowest BCUT2D eigenvalue weighted by molar-refractivity contribution is -0.0190. The van der Waals surface area contributed by atoms with Crippen LogP contribution in [-0.4, -0.2) is 23.9 Å². The molecule has 2 aliphatic heterocycles. The van der Waals surface area contributed by atoms with Gasteiger partial charge in [-0.3, -0.25) is 0 Å². The lowest BCUT2D eigenvalue weighted by Crippen LogP contribution is -2.33. The fourth-order valence-electron chi connectivity index (χ4n) is 4.46. The van der Waals surface area contributed by atoms with E-state index in [1.54, 1.807) is 0 Å². The van der Waals surface area contributed by atoms with Crippen molar-refractivity contribution in [1.82, 2.24) is 5.01 Å². The van der Waals surface area contributed by atoms with Gasteiger partial charge in [-0.25, -0.2) is 5.01 Å². The number of hydrazone groups is 1. The highest BCUT2D eigenvalue weighted by molar-refractivity contribution is 6.02. The zero-order valence-corrected chi connectivity index (χ0v) is 19.9. The maximum atomic E-state index is 6.47. The summed E-state index contributed by atoms with van der Waals surface area (Å²) in [5.74, 6) is 2.71. The van der Waals surface area contributed by atoms with Gasteiger partial charge in [-0.15, -0.1) is 0 Å². The Kier molecular flexibility index (Phi) is 6.70. The van der Waals surface area contributed by atoms with Crippen molar-refractivity contribution in [2.75, 3.05) is 13.2 Å². The summed E-state index contributed by atoms with van der Waals surface area (Å²) in [4.78, 5) is 0. The number of benzene rings is 3. The molecule has 0 spiro atoms. The Bertz CT molecular complexity index is 1120. The molecule has 0 saturated heterocycles. The van der Waals surface area contributed by atoms with Gasteiger partial charge in [0.05, 0.1) is 25.0 Å². The van der Waals surface area contributed by atoms with Crippen molar-refractivity contribution in [3.8, 4) is 17.2 Å². The van der Waals surface area contributed by atoms with Gasteiger partial charge in [0.1, 0.15) is 17.2 Å². The van der Waals surface area contributed by atoms with Crippen LogP contribution in [0, 0.1) is 0 Å². The van der Waals surface area contributed by atoms with E-state index in [0.29, 0.717) is 0 Å². The molecule has 2 aliphatic rings. The Labute approximate surface area is 202 Å². The molecule has 3 aromatic carbocycles. The molecule has 5 heteroatoms. The Morgan fingerprint density at radius 3 is 2.29 bits per heavy atom. The van der Waals surface area contributed by atoms with Crippen molar-refractivity contribution in [2.24, 2.45) is 5.10 Å². The molecule has 5 rings (SSSR count). The molecule has 0 bridgehead atoms. The monoisotopic (exact) mass is 456 g/mol. The van der Waals surface area contributed by atoms with Gasteiger partial charge in [-0.05, 0) is 73.0 Å². The van der Waals surface area contributed by atoms with Gasteiger partial charge in [0, 0.05) is 17.5 Å². The van der Waals surface area contributed by atoms with Gasteiger partial charge < -0.3 is 14.2 Å². The first-order valence-corrected chi connectivity index (χ1v) is 12.3. The van der Waals surface area contributed by atoms with Crippen LogP contribution in [0.4, 0.5) is 0 Å². The highest BCUT2D eigenvalue weighted by Gasteiger charge is 2.40. The number of nitrogens with zero attached hydrogens (tertiary/aromatic N) is 2. The predicted molar refractivity (Wildman–Crippen MR) is 135 cm³/mol. The Morgan fingerprint density at radius 2 is 1.56 bits per heavy atom. The summed E-state index contributed by atoms with van der Waals surface area (Å²) < 4.78 is 18.1. The normalized spacial score (nSPS) is 18.5. The second kappa shape index (κ2) is 10.2. The van der Waals surface area contributed by atoms with E-state index < -0.39 is 0 Å². The maximum Gasteiger partial charge on any atom is 0.213 e. The van der Waals surface area contributed by atoms with E-state index in [9.17, 15) is 0 Å². The van der Waals surface area contributed by atoms with E-state index in [0.717, 1.165) is 73.0 Å². The van der Waals surface area contributed by atoms with Crippen molar-refractivity contribution in [3.05, 3.63) is 89.5 Å². The average Bonchev–Trinajstić information content (AvgIpc) is 3.34. The summed E-state index contributed by atoms with van der Waals surface area (Å²) >= 11 is 0. The van der Waals surface area contributed by atoms with Crippen molar-refractivity contribution < 1.29 is 14.2 Å². The predicted octanol–water partition coefficient (Wildman–Crippen LogP) is 6.90. The Balaban J connectivity index is 1.41. The van der Waals surface area contributed by atoms with Gasteiger partial charge in [0.2, 0.25) is 6.23 Å². The van der Waals surface area contributed by atoms with Gasteiger partial charge >= 0.3 is 0 Å². The van der Waals surface area contributed by atoms with Crippen LogP contribution in [0.15, 0.2) is 77.9 Å². The van der Waals surface area contributed by atoms with Crippen molar-refractivity contribution in [3.63, 3.8) is 0 Å². The van der Waals surface area contributed by atoms with Crippen molar-refractivity contribution in [2.45, 2.75) is 51.8 Å². The Hall–Kier alpha value is -3.47. The van der Waals surface area contributed by atoms with Crippen molar-refractivity contribution >= 4 is 5.71 Å². The molecule has 0 aliphatic carbocycles. The molecular formula is C29H32N2O3. The zero-order chi connectivity index (χ0) is 23.3. The average molecular weight is 457 g/mol. The minimum atomic E-state index is -0.283. The first kappa shape index (κ1) is 22.3. The molecule has 34 heavy (non-hydrogen) atoms. The van der Waals surface area contributed by atoms with Crippen LogP contribution in [0.3, 0.4) is 0 Å². The fraction of sp³-hybridized carbons (Fsp3) is 0.345. The minimum absolute atomic E-state index is 0.140. The highest BCUT2D eigenvalue weighted by Crippen LogP contribution is 2.47. The quantitative estimate of drug-likeness (QED) is 0.329. The molecule has 0 saturated carbocycles. The number of unbranched alkanes of at least 4 members (excludes halogenated alkanes) is 1. The van der Waals surface area contributed by atoms with E-state index in [1.165, 1.54) is 5.56 Å². The number of rotatable bonds is 9. The number of para-hydroxylation sites is 1. The fourth-order valence-corrected chi connectivity index (χ4v) is 4.46. The van der Waals surface area contributed by atoms with Crippen LogP contribution in [0.25, 0.3) is 0 Å². The molecule has 3 aromatic rings. The molecule has 0 N–H and O–H groups in total. The van der Waals surface area contributed by atoms with Gasteiger partial charge in [0.15, 0.2) is 0 Å². The first-order valence-electron chi connectivity index (χ1n) is 12.3. The molecule has 0 unspecified atom stereocenters. The molecule has 2 heterocycles. The highest BCUT2D eigenvalue weighted by atomic mass is 16.5. The minimum Gasteiger partial charge on any atom is -0.494 e. The van der Waals surface area contributed by atoms with Crippen LogP contribution >= 0.6 is 0 Å². The first-order chi connectivity index (χ1) is 16.8. The summed E-state index contributed by atoms with van der Waals surface area (Å²) in [5.41, 5.74) is 4.43. The largest absolute Gasteiger partial charge is 0.494 e. The summed E-state index contributed by atoms with van der Waals surface area (Å²) in [6.07, 6.45) is 3.74. The molecule has 176 valence electrons. The number of ether oxygens (including phenoxy) is 3. The third kappa shape index (κ3) is 4.60. The molecule has 0 amide bonds. The third-order valence-corrected chi connectivity index (χ3v) is 6.29. The Morgan fingerprint density at radius 1 is 0.853 bits per heavy atom. The maximum absolute atomic E-state index is 6.47. The lowest BCUT2D eigenvalue weighted by Gasteiger charge is -2.38. The molecule has 2 atom stereocenters. The number of hydrogen-bond donors (Lipinski definition) is 0. The van der Waals surface area contributed by atoms with Crippen molar-refractivity contribution in [1.29, 1.82) is 0 Å². The van der Waals surface area contributed by atoms with E-state index in [-0.39, 0.29) is 12.3 Å². The van der Waals surface area contributed by atoms with E-state index in [4.69, 9.17) is 19.3 Å². The molecule has 0 fully saturated rings. The summed E-state index contributed by atoms with van der Waals surface area (Å²) in [6.45, 7) is 5.75. The van der Waals surface area contributed by atoms with E-state index in [2.05, 4.69) is 61.3 Å². The smallest absolute Gasteiger partial charge is 0.213 e. The SMILES string of the molecule is CCCCOc1ccc(C2=NN3[C@H](C2)c2ccccc2O[C@H]3c2ccc(OCCC)cc2)cc1. The van der Waals surface area contributed by atoms with E-state index >= 15 is 0 Å². The van der Waals surface area contributed by atoms with E-state index in [1.807, 2.05) is 30.3 Å². The molecule has 5 nitrogen and oxygen atoms in total. The van der Waals surface area contributed by atoms with Crippen LogP contribution < -0.4 is 14.2 Å². The lowest BCUT2D eigenvalue weighted by atomic mass is 9.96. The number of fused-ring (bicyclic) bond motifs is 3. The molecular weight excluding hydrogens is 424 g/mol. The van der Waals surface area contributed by atoms with Gasteiger partial charge in [0.25, 0.3) is 0 Å². The number of hydrogen-bond acceptors (Lipinski definition) is 5. The second-order valence-electron chi connectivity index (χ2n) is 8.80. The van der Waals surface area contributed by atoms with Crippen LogP contribution in [0.2, 0.25) is 0 Å². The third-order valence-electron chi connectivity index (χ3n) is 6.29. The molecule has 0 radical (unpaired) electrons. The topological polar surface area (TPSA) is 43.3 Å². The second-order valence-corrected chi connectivity index (χ2v) is 8.80. The zero-order valence-electron chi connectivity index (χ0n) is 19.9. The summed E-state index contributed by atoms with van der Waals surface area (Å²) in [7, 11) is 0. The van der Waals surface area contributed by atoms with Crippen LogP contribution in [0.5, 0.6) is 17.2 Å². The standard InChI is InChI=1S/C29H32N2O3/c1-3-5-19-33-24-14-10-21(11-15-24)26-20-27-25-8-6-7-9-28(25)34-29(31(27)30-26)22-12-16-23(17-13-22)32-18-4-2/h6-17,27,29H,3-5,18-20H2,1-2H3/t27-,29+/m1/s1. The summed E-state index contributed by atoms with van der Waals surface area (Å²) in [6, 6.07) is 24.9. The van der Waals surface area contributed by atoms with Gasteiger partial charge in [-0.2, -0.15) is 5.10 Å². The molecule has 0 aromatic heterocycles.